The van der Waals surface area contributed by atoms with Crippen molar-refractivity contribution in [1.82, 2.24) is 0 Å². The second-order valence-corrected chi connectivity index (χ2v) is 19.3. The van der Waals surface area contributed by atoms with E-state index in [1.54, 1.807) is 0 Å². The molecular formula is Br2Cl2Co. The van der Waals surface area contributed by atoms with Crippen molar-refractivity contribution in [3.8, 4) is 0 Å². The Balaban J connectivity index is 3.02. The molecule has 0 saturated carbocycles. The predicted molar refractivity (Wildman–Crippen MR) is 29.6 cm³/mol. The van der Waals surface area contributed by atoms with Crippen LogP contribution in [0.1, 0.15) is 0 Å². The van der Waals surface area contributed by atoms with Crippen molar-refractivity contribution in [3.05, 3.63) is 0 Å². The quantitative estimate of drug-likeness (QED) is 0.643. The van der Waals surface area contributed by atoms with Crippen molar-refractivity contribution in [1.29, 1.82) is 0 Å². The van der Waals surface area contributed by atoms with E-state index in [1.165, 1.54) is 0 Å². The normalized spacial score (nSPS) is 15.2. The molecule has 0 radical (unpaired) electrons. The molecule has 0 amide bonds. The van der Waals surface area contributed by atoms with Crippen LogP contribution in [0.15, 0.2) is 0 Å². The monoisotopic (exact) mass is 287 g/mol. The fraction of sp³-hybridized carbons (Fsp3) is 0. The summed E-state index contributed by atoms with van der Waals surface area (Å²) in [6, 6.07) is 0. The first-order valence-corrected chi connectivity index (χ1v) is 8.52. The van der Waals surface area contributed by atoms with E-state index in [9.17, 15) is 0 Å². The summed E-state index contributed by atoms with van der Waals surface area (Å²) in [5.41, 5.74) is 0. The van der Waals surface area contributed by atoms with E-state index < -0.39 is 7.23 Å². The van der Waals surface area contributed by atoms with Crippen molar-refractivity contribution in [2.75, 3.05) is 0 Å². The fourth-order valence-electron chi connectivity index (χ4n) is 0. The molecule has 0 atom stereocenters. The summed E-state index contributed by atoms with van der Waals surface area (Å²) in [4.78, 5) is 0. The van der Waals surface area contributed by atoms with Gasteiger partial charge in [0, 0.05) is 0 Å². The molecule has 0 aliphatic carbocycles. The van der Waals surface area contributed by atoms with Crippen LogP contribution in [-0.4, -0.2) is 0 Å². The van der Waals surface area contributed by atoms with E-state index in [4.69, 9.17) is 20.3 Å². The summed E-state index contributed by atoms with van der Waals surface area (Å²) in [6.07, 6.45) is 0. The Morgan fingerprint density at radius 3 is 1.20 bits per heavy atom. The minimum absolute atomic E-state index is 1.81. The van der Waals surface area contributed by atoms with Gasteiger partial charge >= 0.3 is 55.9 Å². The minimum atomic E-state index is -1.81. The van der Waals surface area contributed by atoms with E-state index in [1.807, 2.05) is 0 Å². The zero-order chi connectivity index (χ0) is 4.50. The summed E-state index contributed by atoms with van der Waals surface area (Å²) in [5, 5.41) is 0. The summed E-state index contributed by atoms with van der Waals surface area (Å²) in [6.45, 7) is 0. The summed E-state index contributed by atoms with van der Waals surface area (Å²) < 4.78 is 0. The van der Waals surface area contributed by atoms with Gasteiger partial charge in [0.15, 0.2) is 0 Å². The van der Waals surface area contributed by atoms with Crippen molar-refractivity contribution in [3.63, 3.8) is 0 Å². The molecule has 0 bridgehead atoms. The van der Waals surface area contributed by atoms with Crippen LogP contribution in [0.3, 0.4) is 0 Å². The standard InChI is InChI=1S/2BrH.2ClH.Co/h4*1H;/q;;;;+4/p-4. The number of halogens is 4. The molecule has 0 aromatic heterocycles. The molecule has 0 aliphatic rings. The van der Waals surface area contributed by atoms with Crippen molar-refractivity contribution >= 4 is 48.6 Å². The molecule has 0 saturated heterocycles. The van der Waals surface area contributed by atoms with E-state index in [0.717, 1.165) is 0 Å². The van der Waals surface area contributed by atoms with Gasteiger partial charge in [-0.05, 0) is 0 Å². The topological polar surface area (TPSA) is 0 Å². The second-order valence-electron chi connectivity index (χ2n) is 0.286. The molecule has 0 nitrogen and oxygen atoms in total. The van der Waals surface area contributed by atoms with Crippen LogP contribution in [0.5, 0.6) is 0 Å². The molecule has 0 spiro atoms. The molecule has 5 heavy (non-hydrogen) atoms. The van der Waals surface area contributed by atoms with Crippen LogP contribution < -0.4 is 0 Å². The van der Waals surface area contributed by atoms with Crippen molar-refractivity contribution in [2.24, 2.45) is 0 Å². The molecule has 0 unspecified atom stereocenters. The van der Waals surface area contributed by atoms with Gasteiger partial charge in [0.05, 0.1) is 0 Å². The average molecular weight is 290 g/mol. The molecule has 0 aromatic rings. The second kappa shape index (κ2) is 2.38. The zero-order valence-electron chi connectivity index (χ0n) is 1.85. The molecule has 0 N–H and O–H groups in total. The Labute approximate surface area is 55.3 Å². The van der Waals surface area contributed by atoms with Gasteiger partial charge in [-0.3, -0.25) is 0 Å². The molecule has 37 valence electrons. The molecule has 0 fully saturated rings. The maximum absolute atomic E-state index is 5.24. The molecule has 0 aromatic carbocycles. The first-order valence-electron chi connectivity index (χ1n) is 0.504. The average Bonchev–Trinajstić information content (AvgIpc) is 0.722. The van der Waals surface area contributed by atoms with Gasteiger partial charge in [-0.15, -0.1) is 0 Å². The van der Waals surface area contributed by atoms with Gasteiger partial charge < -0.3 is 0 Å². The molecule has 0 heterocycles. The van der Waals surface area contributed by atoms with Crippen LogP contribution in [0.25, 0.3) is 0 Å². The van der Waals surface area contributed by atoms with E-state index in [-0.39, 0.29) is 0 Å². The van der Waals surface area contributed by atoms with Gasteiger partial charge in [-0.25, -0.2) is 0 Å². The SMILES string of the molecule is [Cl][Co]([Cl])([Br])[Br]. The van der Waals surface area contributed by atoms with Gasteiger partial charge in [-0.2, -0.15) is 0 Å². The number of hydrogen-bond acceptors (Lipinski definition) is 0. The molecular weight excluding hydrogens is 290 g/mol. The number of hydrogen-bond donors (Lipinski definition) is 0. The summed E-state index contributed by atoms with van der Waals surface area (Å²) >= 11 is 5.86. The first-order chi connectivity index (χ1) is 2.00. The Kier molecular flexibility index (Phi) is 3.35. The molecule has 0 rings (SSSR count). The van der Waals surface area contributed by atoms with Gasteiger partial charge in [0.1, 0.15) is 0 Å². The van der Waals surface area contributed by atoms with Crippen LogP contribution in [0.2, 0.25) is 0 Å². The van der Waals surface area contributed by atoms with E-state index in [2.05, 4.69) is 28.3 Å². The van der Waals surface area contributed by atoms with Crippen molar-refractivity contribution in [2.45, 2.75) is 0 Å². The number of rotatable bonds is 0. The van der Waals surface area contributed by atoms with Crippen LogP contribution >= 0.6 is 48.6 Å². The van der Waals surface area contributed by atoms with Crippen molar-refractivity contribution < 1.29 is 7.23 Å². The summed E-state index contributed by atoms with van der Waals surface area (Å²) in [7, 11) is 8.67. The van der Waals surface area contributed by atoms with Gasteiger partial charge in [0.2, 0.25) is 0 Å². The van der Waals surface area contributed by atoms with Crippen LogP contribution in [0, 0.1) is 0 Å². The Hall–Kier alpha value is 2.05. The first kappa shape index (κ1) is 7.05. The van der Waals surface area contributed by atoms with Crippen LogP contribution in [0.4, 0.5) is 0 Å². The predicted octanol–water partition coefficient (Wildman–Crippen LogP) is 3.07. The maximum atomic E-state index is 5.24. The van der Waals surface area contributed by atoms with Gasteiger partial charge in [0.25, 0.3) is 0 Å². The van der Waals surface area contributed by atoms with E-state index >= 15 is 0 Å². The fourth-order valence-corrected chi connectivity index (χ4v) is 0. The summed E-state index contributed by atoms with van der Waals surface area (Å²) in [5.74, 6) is 0. The third-order valence-corrected chi connectivity index (χ3v) is 0. The Morgan fingerprint density at radius 1 is 1.20 bits per heavy atom. The Bertz CT molecular complexity index is 23.1. The Morgan fingerprint density at radius 2 is 1.20 bits per heavy atom. The third kappa shape index (κ3) is 23.6. The van der Waals surface area contributed by atoms with E-state index in [0.29, 0.717) is 0 Å². The van der Waals surface area contributed by atoms with Crippen LogP contribution in [-0.2, 0) is 7.23 Å². The third-order valence-electron chi connectivity index (χ3n) is 0. The molecule has 0 aliphatic heterocycles. The molecule has 5 heteroatoms. The van der Waals surface area contributed by atoms with Gasteiger partial charge in [-0.1, -0.05) is 0 Å². The zero-order valence-corrected chi connectivity index (χ0v) is 7.57.